The van der Waals surface area contributed by atoms with Crippen molar-refractivity contribution in [2.45, 2.75) is 33.9 Å². The molecule has 2 aromatic carbocycles. The second-order valence-corrected chi connectivity index (χ2v) is 8.73. The molecule has 174 valence electrons. The third-order valence-electron chi connectivity index (χ3n) is 4.65. The van der Waals surface area contributed by atoms with Crippen LogP contribution in [0.25, 0.3) is 0 Å². The van der Waals surface area contributed by atoms with E-state index >= 15 is 0 Å². The Hall–Kier alpha value is -2.72. The zero-order valence-electron chi connectivity index (χ0n) is 18.4. The highest BCUT2D eigenvalue weighted by Crippen LogP contribution is 2.37. The molecule has 10 heteroatoms. The average Bonchev–Trinajstić information content (AvgIpc) is 3.01. The van der Waals surface area contributed by atoms with Crippen LogP contribution in [0.1, 0.15) is 29.4 Å². The molecule has 0 aliphatic rings. The van der Waals surface area contributed by atoms with Gasteiger partial charge >= 0.3 is 0 Å². The SMILES string of the molecule is CCOc1cc(C=NNC(=O)Cn2nc(C)c(Br)c2C)cc(Br)c1OCc1ccccc1F. The number of nitrogens with zero attached hydrogens (tertiary/aromatic N) is 3. The van der Waals surface area contributed by atoms with Crippen LogP contribution in [0, 0.1) is 19.7 Å². The molecule has 1 aromatic heterocycles. The van der Waals surface area contributed by atoms with Gasteiger partial charge in [0.25, 0.3) is 5.91 Å². The van der Waals surface area contributed by atoms with Crippen LogP contribution < -0.4 is 14.9 Å². The Bertz CT molecular complexity index is 1180. The largest absolute Gasteiger partial charge is 0.490 e. The van der Waals surface area contributed by atoms with Crippen LogP contribution in [-0.4, -0.2) is 28.5 Å². The van der Waals surface area contributed by atoms with Gasteiger partial charge in [-0.15, -0.1) is 0 Å². The number of benzene rings is 2. The number of nitrogens with one attached hydrogen (secondary N) is 1. The van der Waals surface area contributed by atoms with E-state index in [1.807, 2.05) is 20.8 Å². The predicted molar refractivity (Wildman–Crippen MR) is 131 cm³/mol. The maximum absolute atomic E-state index is 13.9. The van der Waals surface area contributed by atoms with Crippen molar-refractivity contribution >= 4 is 44.0 Å². The normalized spacial score (nSPS) is 11.1. The number of halogens is 3. The van der Waals surface area contributed by atoms with Gasteiger partial charge in [-0.25, -0.2) is 9.82 Å². The zero-order valence-corrected chi connectivity index (χ0v) is 21.5. The lowest BCUT2D eigenvalue weighted by Gasteiger charge is -2.15. The number of aryl methyl sites for hydroxylation is 1. The van der Waals surface area contributed by atoms with Gasteiger partial charge in [0.05, 0.1) is 33.2 Å². The van der Waals surface area contributed by atoms with E-state index in [4.69, 9.17) is 9.47 Å². The Morgan fingerprint density at radius 3 is 2.67 bits per heavy atom. The first kappa shape index (κ1) is 24.9. The van der Waals surface area contributed by atoms with Crippen LogP contribution in [0.15, 0.2) is 50.4 Å². The molecular formula is C23H23Br2FN4O3. The van der Waals surface area contributed by atoms with Gasteiger partial charge < -0.3 is 9.47 Å². The van der Waals surface area contributed by atoms with Crippen LogP contribution in [0.4, 0.5) is 4.39 Å². The van der Waals surface area contributed by atoms with Gasteiger partial charge in [-0.1, -0.05) is 18.2 Å². The van der Waals surface area contributed by atoms with E-state index in [1.165, 1.54) is 12.3 Å². The van der Waals surface area contributed by atoms with Crippen molar-refractivity contribution in [3.8, 4) is 11.5 Å². The lowest BCUT2D eigenvalue weighted by Crippen LogP contribution is -2.24. The number of amides is 1. The number of ether oxygens (including phenoxy) is 2. The number of hydrazone groups is 1. The summed E-state index contributed by atoms with van der Waals surface area (Å²) in [5.41, 5.74) is 5.30. The second kappa shape index (κ2) is 11.4. The molecule has 1 heterocycles. The molecule has 3 rings (SSSR count). The minimum absolute atomic E-state index is 0.0479. The van der Waals surface area contributed by atoms with Gasteiger partial charge in [-0.05, 0) is 76.4 Å². The van der Waals surface area contributed by atoms with Gasteiger partial charge in [0.1, 0.15) is 19.0 Å². The van der Waals surface area contributed by atoms with Gasteiger partial charge in [0.15, 0.2) is 11.5 Å². The molecule has 0 aliphatic carbocycles. The first-order valence-corrected chi connectivity index (χ1v) is 11.7. The molecule has 0 unspecified atom stereocenters. The van der Waals surface area contributed by atoms with Crippen molar-refractivity contribution in [1.29, 1.82) is 0 Å². The first-order valence-electron chi connectivity index (χ1n) is 10.1. The molecule has 0 saturated heterocycles. The fourth-order valence-electron chi connectivity index (χ4n) is 3.01. The summed E-state index contributed by atoms with van der Waals surface area (Å²) >= 11 is 6.92. The summed E-state index contributed by atoms with van der Waals surface area (Å²) in [6.45, 7) is 6.11. The molecule has 1 amide bonds. The summed E-state index contributed by atoms with van der Waals surface area (Å²) in [6.07, 6.45) is 1.50. The van der Waals surface area contributed by atoms with Crippen LogP contribution in [0.5, 0.6) is 11.5 Å². The molecule has 7 nitrogen and oxygen atoms in total. The molecule has 0 atom stereocenters. The highest BCUT2D eigenvalue weighted by Gasteiger charge is 2.14. The highest BCUT2D eigenvalue weighted by atomic mass is 79.9. The standard InChI is InChI=1S/C23H23Br2FN4O3/c1-4-32-20-10-16(9-18(24)23(20)33-13-17-7-5-6-8-19(17)26)11-27-28-21(31)12-30-15(3)22(25)14(2)29-30/h5-11H,4,12-13H2,1-3H3,(H,28,31). The molecule has 0 radical (unpaired) electrons. The minimum atomic E-state index is -0.334. The van der Waals surface area contributed by atoms with Crippen LogP contribution in [-0.2, 0) is 17.9 Å². The van der Waals surface area contributed by atoms with Crippen LogP contribution in [0.3, 0.4) is 0 Å². The minimum Gasteiger partial charge on any atom is -0.490 e. The maximum Gasteiger partial charge on any atom is 0.261 e. The molecule has 33 heavy (non-hydrogen) atoms. The molecule has 1 N–H and O–H groups in total. The molecule has 0 fully saturated rings. The molecular weight excluding hydrogens is 559 g/mol. The number of rotatable bonds is 9. The lowest BCUT2D eigenvalue weighted by atomic mass is 10.2. The molecule has 0 bridgehead atoms. The third kappa shape index (κ3) is 6.42. The Morgan fingerprint density at radius 1 is 1.24 bits per heavy atom. The Labute approximate surface area is 208 Å². The number of hydrogen-bond acceptors (Lipinski definition) is 5. The van der Waals surface area contributed by atoms with E-state index in [2.05, 4.69) is 47.5 Å². The summed E-state index contributed by atoms with van der Waals surface area (Å²) < 4.78 is 28.5. The predicted octanol–water partition coefficient (Wildman–Crippen LogP) is 5.29. The quantitative estimate of drug-likeness (QED) is 0.275. The fraction of sp³-hybridized carbons (Fsp3) is 0.261. The number of carbonyl (C=O) groups is 1. The summed E-state index contributed by atoms with van der Waals surface area (Å²) in [5, 5.41) is 8.34. The number of carbonyl (C=O) groups excluding carboxylic acids is 1. The van der Waals surface area contributed by atoms with Crippen molar-refractivity contribution in [3.63, 3.8) is 0 Å². The maximum atomic E-state index is 13.9. The second-order valence-electron chi connectivity index (χ2n) is 7.08. The Kier molecular flexibility index (Phi) is 8.62. The van der Waals surface area contributed by atoms with E-state index < -0.39 is 0 Å². The summed E-state index contributed by atoms with van der Waals surface area (Å²) in [5.74, 6) is 0.289. The van der Waals surface area contributed by atoms with Crippen molar-refractivity contribution < 1.29 is 18.7 Å². The van der Waals surface area contributed by atoms with Crippen molar-refractivity contribution in [3.05, 3.63) is 73.7 Å². The van der Waals surface area contributed by atoms with Crippen molar-refractivity contribution in [1.82, 2.24) is 15.2 Å². The van der Waals surface area contributed by atoms with Gasteiger partial charge in [0.2, 0.25) is 0 Å². The van der Waals surface area contributed by atoms with E-state index in [-0.39, 0.29) is 24.9 Å². The molecule has 3 aromatic rings. The molecule has 0 saturated carbocycles. The van der Waals surface area contributed by atoms with E-state index in [0.29, 0.717) is 33.7 Å². The van der Waals surface area contributed by atoms with E-state index in [0.717, 1.165) is 15.9 Å². The van der Waals surface area contributed by atoms with Crippen molar-refractivity contribution in [2.75, 3.05) is 6.61 Å². The molecule has 0 aliphatic heterocycles. The van der Waals surface area contributed by atoms with Crippen LogP contribution in [0.2, 0.25) is 0 Å². The van der Waals surface area contributed by atoms with Crippen LogP contribution >= 0.6 is 31.9 Å². The van der Waals surface area contributed by atoms with Gasteiger partial charge in [-0.3, -0.25) is 9.48 Å². The van der Waals surface area contributed by atoms with Gasteiger partial charge in [0, 0.05) is 5.56 Å². The smallest absolute Gasteiger partial charge is 0.261 e. The lowest BCUT2D eigenvalue weighted by molar-refractivity contribution is -0.121. The average molecular weight is 582 g/mol. The zero-order chi connectivity index (χ0) is 24.0. The van der Waals surface area contributed by atoms with E-state index in [9.17, 15) is 9.18 Å². The fourth-order valence-corrected chi connectivity index (χ4v) is 3.87. The Morgan fingerprint density at radius 2 is 2.00 bits per heavy atom. The first-order chi connectivity index (χ1) is 15.8. The summed E-state index contributed by atoms with van der Waals surface area (Å²) in [7, 11) is 0. The third-order valence-corrected chi connectivity index (χ3v) is 6.39. The number of aromatic nitrogens is 2. The Balaban J connectivity index is 1.68. The highest BCUT2D eigenvalue weighted by molar-refractivity contribution is 9.10. The molecule has 0 spiro atoms. The van der Waals surface area contributed by atoms with Crippen molar-refractivity contribution in [2.24, 2.45) is 5.10 Å². The van der Waals surface area contributed by atoms with Gasteiger partial charge in [-0.2, -0.15) is 10.2 Å². The topological polar surface area (TPSA) is 77.7 Å². The monoisotopic (exact) mass is 580 g/mol. The number of hydrogen-bond donors (Lipinski definition) is 1. The summed E-state index contributed by atoms with van der Waals surface area (Å²) in [6, 6.07) is 9.94. The van der Waals surface area contributed by atoms with E-state index in [1.54, 1.807) is 35.0 Å². The summed E-state index contributed by atoms with van der Waals surface area (Å²) in [4.78, 5) is 12.2.